The summed E-state index contributed by atoms with van der Waals surface area (Å²) in [6.45, 7) is 0. The van der Waals surface area contributed by atoms with Crippen LogP contribution in [0.4, 0.5) is 0 Å². The van der Waals surface area contributed by atoms with Crippen LogP contribution < -0.4 is 0 Å². The van der Waals surface area contributed by atoms with Crippen molar-refractivity contribution in [3.8, 4) is 44.9 Å². The molecular weight excluding hydrogens is 631 g/mol. The van der Waals surface area contributed by atoms with Crippen molar-refractivity contribution in [2.75, 3.05) is 0 Å². The fourth-order valence-electron chi connectivity index (χ4n) is 8.93. The van der Waals surface area contributed by atoms with E-state index in [1.165, 1.54) is 98.7 Å². The molecule has 0 unspecified atom stereocenters. The lowest BCUT2D eigenvalue weighted by Crippen LogP contribution is -1.95. The first-order valence-electron chi connectivity index (χ1n) is 17.9. The molecule has 52 heavy (non-hydrogen) atoms. The van der Waals surface area contributed by atoms with E-state index in [4.69, 9.17) is 4.98 Å². The van der Waals surface area contributed by atoms with Gasteiger partial charge in [0.1, 0.15) is 0 Å². The lowest BCUT2D eigenvalue weighted by Gasteiger charge is -2.11. The van der Waals surface area contributed by atoms with Crippen LogP contribution in [0.25, 0.3) is 110 Å². The summed E-state index contributed by atoms with van der Waals surface area (Å²) in [7, 11) is 0. The molecule has 11 aromatic rings. The van der Waals surface area contributed by atoms with Gasteiger partial charge in [-0.15, -0.1) is 0 Å². The number of aromatic nitrogens is 3. The fraction of sp³-hybridized carbons (Fsp3) is 0. The molecule has 0 saturated heterocycles. The molecule has 240 valence electrons. The third-order valence-electron chi connectivity index (χ3n) is 11.3. The molecule has 0 bridgehead atoms. The Labute approximate surface area is 299 Å². The van der Waals surface area contributed by atoms with Gasteiger partial charge in [0, 0.05) is 50.1 Å². The van der Waals surface area contributed by atoms with Gasteiger partial charge in [-0.05, 0) is 111 Å². The Kier molecular flexibility index (Phi) is 5.50. The predicted octanol–water partition coefficient (Wildman–Crippen LogP) is 12.9. The molecule has 12 rings (SSSR count). The van der Waals surface area contributed by atoms with Crippen molar-refractivity contribution in [1.82, 2.24) is 14.1 Å². The second-order valence-electron chi connectivity index (χ2n) is 14.0. The van der Waals surface area contributed by atoms with Gasteiger partial charge < -0.3 is 9.13 Å². The Morgan fingerprint density at radius 1 is 0.346 bits per heavy atom. The molecule has 0 saturated carbocycles. The molecule has 0 N–H and O–H groups in total. The maximum Gasteiger partial charge on any atom is 0.0793 e. The van der Waals surface area contributed by atoms with Gasteiger partial charge >= 0.3 is 0 Å². The van der Waals surface area contributed by atoms with Crippen LogP contribution >= 0.6 is 0 Å². The molecule has 3 aromatic heterocycles. The summed E-state index contributed by atoms with van der Waals surface area (Å²) in [5.41, 5.74) is 14.3. The summed E-state index contributed by atoms with van der Waals surface area (Å²) in [5, 5.41) is 9.98. The Morgan fingerprint density at radius 2 is 1.00 bits per heavy atom. The van der Waals surface area contributed by atoms with E-state index in [0.717, 1.165) is 11.4 Å². The van der Waals surface area contributed by atoms with Crippen LogP contribution in [0.3, 0.4) is 0 Å². The molecule has 0 spiro atoms. The lowest BCUT2D eigenvalue weighted by molar-refractivity contribution is 1.18. The van der Waals surface area contributed by atoms with Crippen molar-refractivity contribution >= 4 is 65.2 Å². The van der Waals surface area contributed by atoms with Gasteiger partial charge in [0.25, 0.3) is 0 Å². The number of hydrogen-bond donors (Lipinski definition) is 0. The minimum atomic E-state index is 1.07. The number of rotatable bonds is 3. The number of nitrogens with zero attached hydrogens (tertiary/aromatic N) is 3. The van der Waals surface area contributed by atoms with Crippen LogP contribution in [-0.2, 0) is 0 Å². The maximum atomic E-state index is 4.90. The van der Waals surface area contributed by atoms with Crippen LogP contribution in [0.1, 0.15) is 0 Å². The summed E-state index contributed by atoms with van der Waals surface area (Å²) in [5.74, 6) is 0. The third kappa shape index (κ3) is 3.77. The summed E-state index contributed by atoms with van der Waals surface area (Å²) in [4.78, 5) is 4.90. The quantitative estimate of drug-likeness (QED) is 0.185. The summed E-state index contributed by atoms with van der Waals surface area (Å²) < 4.78 is 4.82. The van der Waals surface area contributed by atoms with E-state index in [-0.39, 0.29) is 0 Å². The van der Waals surface area contributed by atoms with E-state index in [0.29, 0.717) is 0 Å². The molecule has 3 heteroatoms. The zero-order chi connectivity index (χ0) is 33.9. The SMILES string of the molecule is c1ccc(-n2c3ccccc3c3cc(-c4ccc5c(c4)c4cc6ccccc6cc4n5-c4ccc5c(c4)-c4nccc6cccc-5c46)ccc32)cc1. The molecule has 0 radical (unpaired) electrons. The molecule has 0 aliphatic heterocycles. The molecule has 3 heterocycles. The minimum absolute atomic E-state index is 1.07. The Balaban J connectivity index is 1.09. The Morgan fingerprint density at radius 3 is 1.83 bits per heavy atom. The molecule has 1 aliphatic carbocycles. The highest BCUT2D eigenvalue weighted by atomic mass is 15.0. The highest BCUT2D eigenvalue weighted by molar-refractivity contribution is 6.17. The van der Waals surface area contributed by atoms with E-state index < -0.39 is 0 Å². The number of benzene rings is 8. The van der Waals surface area contributed by atoms with Gasteiger partial charge in [0.15, 0.2) is 0 Å². The molecule has 3 nitrogen and oxygen atoms in total. The van der Waals surface area contributed by atoms with E-state index in [1.54, 1.807) is 0 Å². The van der Waals surface area contributed by atoms with E-state index >= 15 is 0 Å². The second kappa shape index (κ2) is 10.3. The van der Waals surface area contributed by atoms with Crippen molar-refractivity contribution in [3.63, 3.8) is 0 Å². The van der Waals surface area contributed by atoms with Crippen LogP contribution in [0.5, 0.6) is 0 Å². The van der Waals surface area contributed by atoms with E-state index in [2.05, 4.69) is 179 Å². The molecule has 0 fully saturated rings. The number of pyridine rings is 1. The van der Waals surface area contributed by atoms with E-state index in [9.17, 15) is 0 Å². The minimum Gasteiger partial charge on any atom is -0.309 e. The molecule has 0 atom stereocenters. The molecule has 0 amide bonds. The Hall–Kier alpha value is -6.97. The maximum absolute atomic E-state index is 4.90. The van der Waals surface area contributed by atoms with E-state index in [1.807, 2.05) is 6.20 Å². The van der Waals surface area contributed by atoms with Crippen LogP contribution in [0.2, 0.25) is 0 Å². The molecule has 1 aliphatic rings. The lowest BCUT2D eigenvalue weighted by atomic mass is 10.00. The summed E-state index contributed by atoms with van der Waals surface area (Å²) in [6.07, 6.45) is 1.94. The van der Waals surface area contributed by atoms with Gasteiger partial charge in [0.2, 0.25) is 0 Å². The van der Waals surface area contributed by atoms with Crippen LogP contribution in [-0.4, -0.2) is 14.1 Å². The zero-order valence-electron chi connectivity index (χ0n) is 28.1. The van der Waals surface area contributed by atoms with Gasteiger partial charge in [-0.2, -0.15) is 0 Å². The molecular formula is C49H29N3. The molecule has 8 aromatic carbocycles. The van der Waals surface area contributed by atoms with Crippen LogP contribution in [0.15, 0.2) is 176 Å². The fourth-order valence-corrected chi connectivity index (χ4v) is 8.93. The smallest absolute Gasteiger partial charge is 0.0793 e. The predicted molar refractivity (Wildman–Crippen MR) is 218 cm³/mol. The van der Waals surface area contributed by atoms with Crippen molar-refractivity contribution in [1.29, 1.82) is 0 Å². The number of fused-ring (bicyclic) bond motifs is 10. The first-order chi connectivity index (χ1) is 25.8. The number of hydrogen-bond acceptors (Lipinski definition) is 1. The normalized spacial score (nSPS) is 12.2. The van der Waals surface area contributed by atoms with Crippen LogP contribution in [0, 0.1) is 0 Å². The monoisotopic (exact) mass is 659 g/mol. The highest BCUT2D eigenvalue weighted by Crippen LogP contribution is 2.47. The first kappa shape index (κ1) is 27.8. The topological polar surface area (TPSA) is 22.8 Å². The average Bonchev–Trinajstić information content (AvgIpc) is 3.83. The van der Waals surface area contributed by atoms with Gasteiger partial charge in [-0.3, -0.25) is 4.98 Å². The van der Waals surface area contributed by atoms with Gasteiger partial charge in [-0.25, -0.2) is 0 Å². The van der Waals surface area contributed by atoms with Gasteiger partial charge in [-0.1, -0.05) is 97.1 Å². The summed E-state index contributed by atoms with van der Waals surface area (Å²) >= 11 is 0. The van der Waals surface area contributed by atoms with Gasteiger partial charge in [0.05, 0.1) is 27.8 Å². The van der Waals surface area contributed by atoms with Crippen molar-refractivity contribution in [3.05, 3.63) is 176 Å². The number of para-hydroxylation sites is 2. The zero-order valence-corrected chi connectivity index (χ0v) is 28.1. The third-order valence-corrected chi connectivity index (χ3v) is 11.3. The summed E-state index contributed by atoms with van der Waals surface area (Å²) in [6, 6.07) is 62.4. The first-order valence-corrected chi connectivity index (χ1v) is 17.9. The van der Waals surface area contributed by atoms with Crippen molar-refractivity contribution in [2.24, 2.45) is 0 Å². The second-order valence-corrected chi connectivity index (χ2v) is 14.0. The largest absolute Gasteiger partial charge is 0.309 e. The average molecular weight is 660 g/mol. The standard InChI is InChI=1S/C49H29N3/c1-2-12-35(13-3-1)51-44-16-7-6-14-38(44)40-26-33(17-21-45(40)51)34-18-22-46-41(27-34)42-25-31-9-4-5-10-32(31)28-47(42)52(46)36-19-20-37-39-15-8-11-30-23-24-50-49(48(30)39)43(37)29-36/h1-29H. The van der Waals surface area contributed by atoms with Crippen molar-refractivity contribution in [2.45, 2.75) is 0 Å². The highest BCUT2D eigenvalue weighted by Gasteiger charge is 2.24. The van der Waals surface area contributed by atoms with Crippen molar-refractivity contribution < 1.29 is 0 Å². The Bertz CT molecular complexity index is 3280.